The van der Waals surface area contributed by atoms with Crippen molar-refractivity contribution in [2.24, 2.45) is 0 Å². The van der Waals surface area contributed by atoms with Gasteiger partial charge in [-0.3, -0.25) is 4.90 Å². The maximum atomic E-state index is 3.57. The van der Waals surface area contributed by atoms with Gasteiger partial charge >= 0.3 is 0 Å². The fourth-order valence-corrected chi connectivity index (χ4v) is 3.41. The molecule has 3 heteroatoms. The molecule has 0 bridgehead atoms. The Kier molecular flexibility index (Phi) is 2.90. The maximum absolute atomic E-state index is 3.57. The molecule has 1 aliphatic heterocycles. The summed E-state index contributed by atoms with van der Waals surface area (Å²) >= 11 is 3.57. The van der Waals surface area contributed by atoms with Crippen molar-refractivity contribution in [3.05, 3.63) is 69.8 Å². The number of benzene rings is 2. The third-order valence-corrected chi connectivity index (χ3v) is 4.46. The molecule has 1 aromatic heterocycles. The number of nitrogens with zero attached hydrogens (tertiary/aromatic N) is 1. The van der Waals surface area contributed by atoms with E-state index < -0.39 is 0 Å². The summed E-state index contributed by atoms with van der Waals surface area (Å²) in [5.41, 5.74) is 5.45. The summed E-state index contributed by atoms with van der Waals surface area (Å²) in [5, 5.41) is 1.35. The molecular formula is C17H15BrN2. The van der Waals surface area contributed by atoms with Crippen molar-refractivity contribution in [2.45, 2.75) is 19.6 Å². The standard InChI is InChI=1S/C17H15BrN2/c18-13-6-7-16-14(8-13)15-10-20(11-17(15)19-16)9-12-4-2-1-3-5-12/h1-8,19H,9-11H2. The molecule has 0 amide bonds. The molecule has 0 aliphatic carbocycles. The van der Waals surface area contributed by atoms with Crippen LogP contribution >= 0.6 is 15.9 Å². The molecule has 0 saturated heterocycles. The molecule has 2 heterocycles. The molecule has 0 saturated carbocycles. The summed E-state index contributed by atoms with van der Waals surface area (Å²) in [6.07, 6.45) is 0. The van der Waals surface area contributed by atoms with Crippen LogP contribution in [0.2, 0.25) is 0 Å². The van der Waals surface area contributed by atoms with Crippen molar-refractivity contribution < 1.29 is 0 Å². The van der Waals surface area contributed by atoms with Gasteiger partial charge in [-0.2, -0.15) is 0 Å². The highest BCUT2D eigenvalue weighted by Crippen LogP contribution is 2.32. The summed E-state index contributed by atoms with van der Waals surface area (Å²) in [4.78, 5) is 6.04. The summed E-state index contributed by atoms with van der Waals surface area (Å²) in [5.74, 6) is 0. The molecule has 0 spiro atoms. The van der Waals surface area contributed by atoms with Crippen molar-refractivity contribution in [1.82, 2.24) is 9.88 Å². The smallest absolute Gasteiger partial charge is 0.0460 e. The van der Waals surface area contributed by atoms with Gasteiger partial charge in [0.25, 0.3) is 0 Å². The van der Waals surface area contributed by atoms with E-state index in [-0.39, 0.29) is 0 Å². The van der Waals surface area contributed by atoms with Gasteiger partial charge < -0.3 is 4.98 Å². The second-order valence-electron chi connectivity index (χ2n) is 5.40. The monoisotopic (exact) mass is 326 g/mol. The molecule has 1 aliphatic rings. The van der Waals surface area contributed by atoms with Gasteiger partial charge in [0.15, 0.2) is 0 Å². The number of H-pyrrole nitrogens is 1. The Morgan fingerprint density at radius 1 is 1.05 bits per heavy atom. The largest absolute Gasteiger partial charge is 0.357 e. The normalized spacial score (nSPS) is 14.8. The SMILES string of the molecule is Brc1ccc2[nH]c3c(c2c1)CN(Cc1ccccc1)C3. The molecule has 0 radical (unpaired) electrons. The Balaban J connectivity index is 1.62. The Morgan fingerprint density at radius 3 is 2.75 bits per heavy atom. The highest BCUT2D eigenvalue weighted by atomic mass is 79.9. The number of nitrogens with one attached hydrogen (secondary N) is 1. The minimum Gasteiger partial charge on any atom is -0.357 e. The van der Waals surface area contributed by atoms with E-state index in [1.54, 1.807) is 0 Å². The molecular weight excluding hydrogens is 312 g/mol. The lowest BCUT2D eigenvalue weighted by Crippen LogP contribution is -2.16. The first-order valence-corrected chi connectivity index (χ1v) is 7.64. The van der Waals surface area contributed by atoms with E-state index in [0.29, 0.717) is 0 Å². The zero-order chi connectivity index (χ0) is 13.5. The van der Waals surface area contributed by atoms with Gasteiger partial charge in [0.1, 0.15) is 0 Å². The van der Waals surface area contributed by atoms with Crippen LogP contribution in [0.25, 0.3) is 10.9 Å². The lowest BCUT2D eigenvalue weighted by Gasteiger charge is -2.15. The summed E-state index contributed by atoms with van der Waals surface area (Å²) in [6, 6.07) is 17.1. The predicted molar refractivity (Wildman–Crippen MR) is 85.4 cm³/mol. The number of hydrogen-bond donors (Lipinski definition) is 1. The maximum Gasteiger partial charge on any atom is 0.0460 e. The van der Waals surface area contributed by atoms with Gasteiger partial charge in [-0.05, 0) is 29.3 Å². The second-order valence-corrected chi connectivity index (χ2v) is 6.32. The first-order valence-electron chi connectivity index (χ1n) is 6.85. The summed E-state index contributed by atoms with van der Waals surface area (Å²) < 4.78 is 1.15. The van der Waals surface area contributed by atoms with Gasteiger partial charge in [0.2, 0.25) is 0 Å². The zero-order valence-corrected chi connectivity index (χ0v) is 12.7. The molecule has 0 atom stereocenters. The topological polar surface area (TPSA) is 19.0 Å². The van der Waals surface area contributed by atoms with E-state index in [2.05, 4.69) is 74.3 Å². The Hall–Kier alpha value is -1.58. The van der Waals surface area contributed by atoms with Crippen LogP contribution < -0.4 is 0 Å². The van der Waals surface area contributed by atoms with E-state index in [1.165, 1.54) is 27.7 Å². The molecule has 20 heavy (non-hydrogen) atoms. The minimum atomic E-state index is 1.01. The highest BCUT2D eigenvalue weighted by molar-refractivity contribution is 9.10. The minimum absolute atomic E-state index is 1.01. The van der Waals surface area contributed by atoms with Crippen LogP contribution in [-0.2, 0) is 19.6 Å². The first kappa shape index (κ1) is 12.2. The van der Waals surface area contributed by atoms with E-state index in [9.17, 15) is 0 Å². The number of halogens is 1. The van der Waals surface area contributed by atoms with E-state index in [1.807, 2.05) is 0 Å². The van der Waals surface area contributed by atoms with E-state index in [4.69, 9.17) is 0 Å². The summed E-state index contributed by atoms with van der Waals surface area (Å²) in [7, 11) is 0. The molecule has 0 fully saturated rings. The lowest BCUT2D eigenvalue weighted by atomic mass is 10.1. The van der Waals surface area contributed by atoms with Crippen LogP contribution in [0, 0.1) is 0 Å². The fourth-order valence-electron chi connectivity index (χ4n) is 3.05. The molecule has 3 aromatic rings. The Labute approximate surface area is 126 Å². The Morgan fingerprint density at radius 2 is 1.90 bits per heavy atom. The first-order chi connectivity index (χ1) is 9.79. The van der Waals surface area contributed by atoms with Crippen LogP contribution in [0.15, 0.2) is 53.0 Å². The molecule has 4 rings (SSSR count). The molecule has 0 unspecified atom stereocenters. The van der Waals surface area contributed by atoms with Crippen molar-refractivity contribution in [3.8, 4) is 0 Å². The number of rotatable bonds is 2. The van der Waals surface area contributed by atoms with Crippen molar-refractivity contribution in [3.63, 3.8) is 0 Å². The number of hydrogen-bond acceptors (Lipinski definition) is 1. The van der Waals surface area contributed by atoms with Crippen LogP contribution in [-0.4, -0.2) is 9.88 Å². The quantitative estimate of drug-likeness (QED) is 0.737. The number of aromatic amines is 1. The van der Waals surface area contributed by atoms with Crippen molar-refractivity contribution >= 4 is 26.8 Å². The van der Waals surface area contributed by atoms with Gasteiger partial charge in [0.05, 0.1) is 0 Å². The third-order valence-electron chi connectivity index (χ3n) is 3.97. The van der Waals surface area contributed by atoms with Gasteiger partial charge in [-0.1, -0.05) is 46.3 Å². The van der Waals surface area contributed by atoms with Crippen LogP contribution in [0.1, 0.15) is 16.8 Å². The van der Waals surface area contributed by atoms with Crippen LogP contribution in [0.3, 0.4) is 0 Å². The van der Waals surface area contributed by atoms with E-state index in [0.717, 1.165) is 24.1 Å². The fraction of sp³-hybridized carbons (Fsp3) is 0.176. The molecule has 2 aromatic carbocycles. The average molecular weight is 327 g/mol. The Bertz CT molecular complexity index is 761. The van der Waals surface area contributed by atoms with Crippen molar-refractivity contribution in [2.75, 3.05) is 0 Å². The highest BCUT2D eigenvalue weighted by Gasteiger charge is 2.23. The van der Waals surface area contributed by atoms with Crippen LogP contribution in [0.4, 0.5) is 0 Å². The van der Waals surface area contributed by atoms with E-state index >= 15 is 0 Å². The number of aromatic nitrogens is 1. The molecule has 1 N–H and O–H groups in total. The molecule has 2 nitrogen and oxygen atoms in total. The van der Waals surface area contributed by atoms with Crippen LogP contribution in [0.5, 0.6) is 0 Å². The van der Waals surface area contributed by atoms with Gasteiger partial charge in [0, 0.05) is 40.7 Å². The average Bonchev–Trinajstić information content (AvgIpc) is 2.97. The third kappa shape index (κ3) is 2.07. The van der Waals surface area contributed by atoms with Crippen molar-refractivity contribution in [1.29, 1.82) is 0 Å². The predicted octanol–water partition coefficient (Wildman–Crippen LogP) is 4.45. The summed E-state index contributed by atoms with van der Waals surface area (Å²) in [6.45, 7) is 3.05. The second kappa shape index (κ2) is 4.76. The van der Waals surface area contributed by atoms with Gasteiger partial charge in [-0.15, -0.1) is 0 Å². The lowest BCUT2D eigenvalue weighted by molar-refractivity contribution is 0.274. The molecule has 100 valence electrons. The van der Waals surface area contributed by atoms with Gasteiger partial charge in [-0.25, -0.2) is 0 Å². The zero-order valence-electron chi connectivity index (χ0n) is 11.1. The number of fused-ring (bicyclic) bond motifs is 3.